The van der Waals surface area contributed by atoms with Crippen LogP contribution in [0.1, 0.15) is 18.7 Å². The number of para-hydroxylation sites is 1. The van der Waals surface area contributed by atoms with Crippen molar-refractivity contribution >= 4 is 16.7 Å². The van der Waals surface area contributed by atoms with E-state index in [2.05, 4.69) is 20.3 Å². The van der Waals surface area contributed by atoms with Crippen LogP contribution in [0.3, 0.4) is 0 Å². The van der Waals surface area contributed by atoms with Gasteiger partial charge >= 0.3 is 0 Å². The first kappa shape index (κ1) is 18.2. The Balaban J connectivity index is 1.46. The lowest BCUT2D eigenvalue weighted by molar-refractivity contribution is 0.293. The van der Waals surface area contributed by atoms with E-state index in [4.69, 9.17) is 20.7 Å². The van der Waals surface area contributed by atoms with Gasteiger partial charge < -0.3 is 15.3 Å². The van der Waals surface area contributed by atoms with Crippen LogP contribution < -0.4 is 15.3 Å². The van der Waals surface area contributed by atoms with Gasteiger partial charge in [-0.1, -0.05) is 23.4 Å². The monoisotopic (exact) mass is 364 g/mol. The van der Waals surface area contributed by atoms with E-state index in [-0.39, 0.29) is 5.84 Å². The minimum absolute atomic E-state index is 0.140. The third-order valence-electron chi connectivity index (χ3n) is 3.74. The summed E-state index contributed by atoms with van der Waals surface area (Å²) in [6, 6.07) is 15.2. The number of nitrogens with two attached hydrogens (primary N) is 1. The molecule has 0 unspecified atom stereocenters. The van der Waals surface area contributed by atoms with E-state index in [1.54, 1.807) is 6.20 Å². The van der Waals surface area contributed by atoms with Gasteiger partial charge in [-0.25, -0.2) is 9.97 Å². The number of fused-ring (bicyclic) bond motifs is 1. The number of benzene rings is 2. The van der Waals surface area contributed by atoms with E-state index in [1.165, 1.54) is 0 Å². The molecule has 0 radical (unpaired) electrons. The lowest BCUT2D eigenvalue weighted by atomic mass is 10.2. The smallest absolute Gasteiger partial charge is 0.166 e. The van der Waals surface area contributed by atoms with Crippen molar-refractivity contribution in [1.82, 2.24) is 9.97 Å². The van der Waals surface area contributed by atoms with Crippen LogP contribution in [0.2, 0.25) is 0 Å². The predicted octanol–water partition coefficient (Wildman–Crippen LogP) is 3.67. The summed E-state index contributed by atoms with van der Waals surface area (Å²) in [6.45, 7) is 0.774. The second kappa shape index (κ2) is 9.23. The number of hydrogen-bond acceptors (Lipinski definition) is 6. The van der Waals surface area contributed by atoms with Gasteiger partial charge in [-0.2, -0.15) is 0 Å². The van der Waals surface area contributed by atoms with Crippen LogP contribution >= 0.6 is 0 Å². The normalized spacial score (nSPS) is 11.0. The van der Waals surface area contributed by atoms with Crippen LogP contribution in [0.4, 0.5) is 0 Å². The van der Waals surface area contributed by atoms with E-state index in [0.29, 0.717) is 37.6 Å². The summed E-state index contributed by atoms with van der Waals surface area (Å²) < 4.78 is 11.4. The van der Waals surface area contributed by atoms with Crippen molar-refractivity contribution in [3.05, 3.63) is 60.6 Å². The average Bonchev–Trinajstić information content (AvgIpc) is 2.70. The van der Waals surface area contributed by atoms with Crippen molar-refractivity contribution in [1.29, 1.82) is 5.41 Å². The summed E-state index contributed by atoms with van der Waals surface area (Å²) in [5, 5.41) is 15.0. The summed E-state index contributed by atoms with van der Waals surface area (Å²) >= 11 is 0. The van der Waals surface area contributed by atoms with Crippen molar-refractivity contribution < 1.29 is 9.47 Å². The van der Waals surface area contributed by atoms with Gasteiger partial charge in [0.1, 0.15) is 23.9 Å². The summed E-state index contributed by atoms with van der Waals surface area (Å²) in [5.41, 5.74) is 0.899. The number of nitrogens with zero attached hydrogens (tertiary/aromatic N) is 4. The Labute approximate surface area is 156 Å². The molecule has 3 N–H and O–H groups in total. The lowest BCUT2D eigenvalue weighted by Crippen LogP contribution is -2.02. The molecule has 138 valence electrons. The van der Waals surface area contributed by atoms with Gasteiger partial charge in [0.05, 0.1) is 12.1 Å². The first-order valence-corrected chi connectivity index (χ1v) is 8.49. The number of rotatable bonds is 8. The lowest BCUT2D eigenvalue weighted by Gasteiger charge is -2.08. The topological polar surface area (TPSA) is 119 Å². The van der Waals surface area contributed by atoms with Gasteiger partial charge in [0.25, 0.3) is 0 Å². The van der Waals surface area contributed by atoms with Crippen LogP contribution in [0, 0.1) is 5.41 Å². The van der Waals surface area contributed by atoms with Crippen LogP contribution in [0.5, 0.6) is 11.5 Å². The van der Waals surface area contributed by atoms with E-state index in [9.17, 15) is 0 Å². The molecular formula is C19H20N6O2. The Bertz CT molecular complexity index is 927. The first-order chi connectivity index (χ1) is 13.2. The van der Waals surface area contributed by atoms with E-state index >= 15 is 0 Å². The Hall–Kier alpha value is -3.55. The van der Waals surface area contributed by atoms with Crippen LogP contribution in [0.25, 0.3) is 10.9 Å². The molecule has 0 saturated heterocycles. The van der Waals surface area contributed by atoms with Crippen molar-refractivity contribution in [3.8, 4) is 11.5 Å². The third kappa shape index (κ3) is 5.46. The van der Waals surface area contributed by atoms with Crippen molar-refractivity contribution in [2.45, 2.75) is 19.4 Å². The van der Waals surface area contributed by atoms with Gasteiger partial charge in [0, 0.05) is 18.0 Å². The molecule has 0 amide bonds. The standard InChI is InChI=1S/C19H20N6O2/c20-18(24-25-21)6-3-11-26-15-7-9-16(10-8-15)27-13-19-22-12-14-4-1-2-5-17(14)23-19/h1-2,4-5,7-10,12H,3,6,11,13H2,(H3,20,21,24). The molecule has 0 aliphatic carbocycles. The molecule has 0 spiro atoms. The highest BCUT2D eigenvalue weighted by Gasteiger charge is 2.02. The highest BCUT2D eigenvalue weighted by Crippen LogP contribution is 2.19. The quantitative estimate of drug-likeness (QED) is 0.158. The Kier molecular flexibility index (Phi) is 6.24. The number of nitrogens with one attached hydrogen (secondary N) is 1. The number of aromatic nitrogens is 2. The van der Waals surface area contributed by atoms with Gasteiger partial charge in [-0.3, -0.25) is 5.41 Å². The van der Waals surface area contributed by atoms with Crippen molar-refractivity contribution in [2.24, 2.45) is 16.2 Å². The second-order valence-electron chi connectivity index (χ2n) is 5.72. The molecule has 8 heteroatoms. The van der Waals surface area contributed by atoms with Gasteiger partial charge in [-0.15, -0.1) is 5.11 Å². The SMILES string of the molecule is N=C(CCCOc1ccc(OCc2ncc3ccccc3n2)cc1)N=NN. The maximum absolute atomic E-state index is 7.44. The average molecular weight is 364 g/mol. The number of hydrogen-bond donors (Lipinski definition) is 2. The predicted molar refractivity (Wildman–Crippen MR) is 102 cm³/mol. The number of amidine groups is 1. The molecule has 27 heavy (non-hydrogen) atoms. The van der Waals surface area contributed by atoms with Crippen molar-refractivity contribution in [3.63, 3.8) is 0 Å². The third-order valence-corrected chi connectivity index (χ3v) is 3.74. The fourth-order valence-corrected chi connectivity index (χ4v) is 2.41. The number of ether oxygens (including phenoxy) is 2. The first-order valence-electron chi connectivity index (χ1n) is 8.49. The Morgan fingerprint density at radius 3 is 2.56 bits per heavy atom. The molecule has 3 rings (SSSR count). The van der Waals surface area contributed by atoms with Gasteiger partial charge in [-0.05, 0) is 36.8 Å². The minimum atomic E-state index is 0.140. The van der Waals surface area contributed by atoms with Crippen LogP contribution in [0.15, 0.2) is 65.1 Å². The fraction of sp³-hybridized carbons (Fsp3) is 0.211. The highest BCUT2D eigenvalue weighted by atomic mass is 16.5. The van der Waals surface area contributed by atoms with Crippen molar-refractivity contribution in [2.75, 3.05) is 6.61 Å². The Morgan fingerprint density at radius 1 is 1.04 bits per heavy atom. The minimum Gasteiger partial charge on any atom is -0.494 e. The molecule has 8 nitrogen and oxygen atoms in total. The van der Waals surface area contributed by atoms with Gasteiger partial charge in [0.15, 0.2) is 5.82 Å². The van der Waals surface area contributed by atoms with Crippen LogP contribution in [-0.2, 0) is 6.61 Å². The molecule has 0 bridgehead atoms. The summed E-state index contributed by atoms with van der Waals surface area (Å²) in [7, 11) is 0. The molecular weight excluding hydrogens is 344 g/mol. The maximum Gasteiger partial charge on any atom is 0.166 e. The summed E-state index contributed by atoms with van der Waals surface area (Å²) in [4.78, 5) is 8.80. The zero-order valence-corrected chi connectivity index (χ0v) is 14.7. The zero-order valence-electron chi connectivity index (χ0n) is 14.7. The largest absolute Gasteiger partial charge is 0.494 e. The molecule has 0 aliphatic rings. The fourth-order valence-electron chi connectivity index (χ4n) is 2.41. The Morgan fingerprint density at radius 2 is 1.78 bits per heavy atom. The summed E-state index contributed by atoms with van der Waals surface area (Å²) in [5.74, 6) is 7.11. The molecule has 0 fully saturated rings. The molecule has 0 atom stereocenters. The maximum atomic E-state index is 7.44. The van der Waals surface area contributed by atoms with E-state index in [1.807, 2.05) is 48.5 Å². The second-order valence-corrected chi connectivity index (χ2v) is 5.72. The molecule has 3 aromatic rings. The van der Waals surface area contributed by atoms with Crippen LogP contribution in [-0.4, -0.2) is 22.4 Å². The molecule has 1 aromatic heterocycles. The highest BCUT2D eigenvalue weighted by molar-refractivity contribution is 5.79. The zero-order chi connectivity index (χ0) is 18.9. The van der Waals surface area contributed by atoms with E-state index < -0.39 is 0 Å². The van der Waals surface area contributed by atoms with E-state index in [0.717, 1.165) is 16.7 Å². The molecule has 0 aliphatic heterocycles. The summed E-state index contributed by atoms with van der Waals surface area (Å²) in [6.07, 6.45) is 2.93. The molecule has 0 saturated carbocycles. The molecule has 2 aromatic carbocycles. The van der Waals surface area contributed by atoms with Gasteiger partial charge in [0.2, 0.25) is 0 Å². The molecule has 1 heterocycles.